The van der Waals surface area contributed by atoms with Gasteiger partial charge in [0.1, 0.15) is 25.8 Å². The number of carbonyl (C=O) groups is 2. The molecule has 4 aromatic carbocycles. The van der Waals surface area contributed by atoms with E-state index in [1.54, 1.807) is 36.4 Å². The molecular formula is C37H41N3O6S. The Morgan fingerprint density at radius 1 is 0.851 bits per heavy atom. The van der Waals surface area contributed by atoms with Crippen molar-refractivity contribution in [3.05, 3.63) is 120 Å². The summed E-state index contributed by atoms with van der Waals surface area (Å²) in [5, 5.41) is 3.07. The average molecular weight is 656 g/mol. The lowest BCUT2D eigenvalue weighted by Gasteiger charge is -2.34. The average Bonchev–Trinajstić information content (AvgIpc) is 3.09. The van der Waals surface area contributed by atoms with Gasteiger partial charge >= 0.3 is 0 Å². The number of carbonyl (C=O) groups excluding carboxylic acids is 2. The molecule has 1 aliphatic rings. The third kappa shape index (κ3) is 8.13. The number of amides is 2. The Labute approximate surface area is 277 Å². The summed E-state index contributed by atoms with van der Waals surface area (Å²) >= 11 is 0. The van der Waals surface area contributed by atoms with Gasteiger partial charge in [-0.05, 0) is 61.2 Å². The van der Waals surface area contributed by atoms with E-state index in [1.807, 2.05) is 75.4 Å². The lowest BCUT2D eigenvalue weighted by atomic mass is 10.0. The molecule has 0 fully saturated rings. The number of benzene rings is 4. The molecule has 1 N–H and O–H groups in total. The van der Waals surface area contributed by atoms with E-state index in [9.17, 15) is 18.0 Å². The molecule has 5 rings (SSSR count). The van der Waals surface area contributed by atoms with Gasteiger partial charge in [0.15, 0.2) is 11.5 Å². The zero-order chi connectivity index (χ0) is 33.4. The SMILES string of the molecule is CC[C@H](C)NC(=O)[C@@H](Cc1ccccc1)N(Cc1ccccc1C)C(=O)CN(c1ccc2c(c1)OCCO2)S(=O)(=O)c1ccccc1. The second-order valence-electron chi connectivity index (χ2n) is 11.6. The summed E-state index contributed by atoms with van der Waals surface area (Å²) < 4.78 is 41.0. The number of aryl methyl sites for hydroxylation is 1. The van der Waals surface area contributed by atoms with Gasteiger partial charge in [0.2, 0.25) is 11.8 Å². The molecule has 9 nitrogen and oxygen atoms in total. The molecule has 0 unspecified atom stereocenters. The van der Waals surface area contributed by atoms with E-state index >= 15 is 0 Å². The fourth-order valence-electron chi connectivity index (χ4n) is 5.40. The summed E-state index contributed by atoms with van der Waals surface area (Å²) in [6.07, 6.45) is 0.957. The first-order valence-electron chi connectivity index (χ1n) is 15.8. The number of fused-ring (bicyclic) bond motifs is 1. The van der Waals surface area contributed by atoms with Crippen molar-refractivity contribution in [1.29, 1.82) is 0 Å². The van der Waals surface area contributed by atoms with Gasteiger partial charge in [-0.2, -0.15) is 0 Å². The number of anilines is 1. The van der Waals surface area contributed by atoms with Gasteiger partial charge in [0.05, 0.1) is 10.6 Å². The highest BCUT2D eigenvalue weighted by Crippen LogP contribution is 2.36. The number of nitrogens with zero attached hydrogens (tertiary/aromatic N) is 2. The Balaban J connectivity index is 1.59. The van der Waals surface area contributed by atoms with Crippen LogP contribution in [0.15, 0.2) is 108 Å². The second kappa shape index (κ2) is 15.2. The largest absolute Gasteiger partial charge is 0.486 e. The molecule has 10 heteroatoms. The van der Waals surface area contributed by atoms with Gasteiger partial charge in [-0.1, -0.05) is 79.7 Å². The third-order valence-corrected chi connectivity index (χ3v) is 10.1. The van der Waals surface area contributed by atoms with Crippen LogP contribution < -0.4 is 19.1 Å². The Morgan fingerprint density at radius 3 is 2.17 bits per heavy atom. The van der Waals surface area contributed by atoms with E-state index in [-0.39, 0.29) is 35.5 Å². The number of nitrogens with one attached hydrogen (secondary N) is 1. The van der Waals surface area contributed by atoms with Crippen LogP contribution in [0.1, 0.15) is 37.0 Å². The topological polar surface area (TPSA) is 105 Å². The Hall–Kier alpha value is -4.83. The predicted molar refractivity (Wildman–Crippen MR) is 182 cm³/mol. The van der Waals surface area contributed by atoms with E-state index < -0.39 is 28.5 Å². The molecule has 0 saturated heterocycles. The fourth-order valence-corrected chi connectivity index (χ4v) is 6.83. The molecule has 2 amide bonds. The number of rotatable bonds is 13. The van der Waals surface area contributed by atoms with Crippen LogP contribution in [0, 0.1) is 6.92 Å². The quantitative estimate of drug-likeness (QED) is 0.204. The zero-order valence-corrected chi connectivity index (χ0v) is 27.8. The van der Waals surface area contributed by atoms with Gasteiger partial charge in [-0.25, -0.2) is 8.42 Å². The molecule has 2 atom stereocenters. The maximum absolute atomic E-state index is 14.7. The van der Waals surface area contributed by atoms with Crippen LogP contribution in [0.3, 0.4) is 0 Å². The second-order valence-corrected chi connectivity index (χ2v) is 13.5. The number of sulfonamides is 1. The van der Waals surface area contributed by atoms with Crippen LogP contribution in [0.5, 0.6) is 11.5 Å². The minimum absolute atomic E-state index is 0.0310. The molecule has 1 heterocycles. The van der Waals surface area contributed by atoms with Crippen molar-refractivity contribution in [2.75, 3.05) is 24.1 Å². The lowest BCUT2D eigenvalue weighted by Crippen LogP contribution is -2.54. The minimum atomic E-state index is -4.23. The normalized spacial score (nSPS) is 13.7. The maximum atomic E-state index is 14.7. The van der Waals surface area contributed by atoms with Crippen molar-refractivity contribution >= 4 is 27.5 Å². The lowest BCUT2D eigenvalue weighted by molar-refractivity contribution is -0.140. The molecule has 0 radical (unpaired) electrons. The molecule has 246 valence electrons. The molecule has 47 heavy (non-hydrogen) atoms. The van der Waals surface area contributed by atoms with E-state index in [0.29, 0.717) is 31.1 Å². The van der Waals surface area contributed by atoms with Crippen LogP contribution in [0.2, 0.25) is 0 Å². The molecule has 1 aliphatic heterocycles. The van der Waals surface area contributed by atoms with Gasteiger partial charge in [0.25, 0.3) is 10.0 Å². The van der Waals surface area contributed by atoms with Crippen LogP contribution in [-0.2, 0) is 32.6 Å². The predicted octanol–water partition coefficient (Wildman–Crippen LogP) is 5.52. The van der Waals surface area contributed by atoms with Crippen molar-refractivity contribution in [2.24, 2.45) is 0 Å². The van der Waals surface area contributed by atoms with Crippen LogP contribution in [0.25, 0.3) is 0 Å². The van der Waals surface area contributed by atoms with Crippen molar-refractivity contribution < 1.29 is 27.5 Å². The van der Waals surface area contributed by atoms with Crippen molar-refractivity contribution in [2.45, 2.75) is 57.1 Å². The molecule has 0 aromatic heterocycles. The van der Waals surface area contributed by atoms with Crippen molar-refractivity contribution in [3.8, 4) is 11.5 Å². The molecule has 4 aromatic rings. The summed E-state index contributed by atoms with van der Waals surface area (Å²) in [6.45, 7) is 6.10. The first-order chi connectivity index (χ1) is 22.7. The van der Waals surface area contributed by atoms with Gasteiger partial charge in [-0.15, -0.1) is 0 Å². The Kier molecular flexibility index (Phi) is 10.8. The highest BCUT2D eigenvalue weighted by Gasteiger charge is 2.35. The van der Waals surface area contributed by atoms with Gasteiger partial charge in [-0.3, -0.25) is 13.9 Å². The van der Waals surface area contributed by atoms with E-state index in [4.69, 9.17) is 9.47 Å². The summed E-state index contributed by atoms with van der Waals surface area (Å²) in [4.78, 5) is 30.2. The molecule has 0 aliphatic carbocycles. The highest BCUT2D eigenvalue weighted by molar-refractivity contribution is 7.92. The Bertz CT molecular complexity index is 1780. The number of ether oxygens (including phenoxy) is 2. The zero-order valence-electron chi connectivity index (χ0n) is 27.0. The highest BCUT2D eigenvalue weighted by atomic mass is 32.2. The standard InChI is InChI=1S/C37H41N3O6S/c1-4-28(3)38-37(42)33(23-29-14-7-5-8-15-29)39(25-30-16-12-11-13-27(30)2)36(41)26-40(47(43,44)32-17-9-6-10-18-32)31-19-20-34-35(24-31)46-22-21-45-34/h5-20,24,28,33H,4,21-23,25-26H2,1-3H3,(H,38,42)/t28-,33+/m0/s1. The number of hydrogen-bond acceptors (Lipinski definition) is 6. The fraction of sp³-hybridized carbons (Fsp3) is 0.297. The first kappa shape index (κ1) is 33.5. The van der Waals surface area contributed by atoms with Gasteiger partial charge < -0.3 is 19.7 Å². The molecular weight excluding hydrogens is 614 g/mol. The van der Waals surface area contributed by atoms with E-state index in [2.05, 4.69) is 5.32 Å². The smallest absolute Gasteiger partial charge is 0.264 e. The summed E-state index contributed by atoms with van der Waals surface area (Å²) in [5.74, 6) is 0.0557. The maximum Gasteiger partial charge on any atom is 0.264 e. The van der Waals surface area contributed by atoms with E-state index in [0.717, 1.165) is 21.0 Å². The summed E-state index contributed by atoms with van der Waals surface area (Å²) in [5.41, 5.74) is 2.92. The summed E-state index contributed by atoms with van der Waals surface area (Å²) in [6, 6.07) is 29.0. The monoisotopic (exact) mass is 655 g/mol. The third-order valence-electron chi connectivity index (χ3n) is 8.30. The molecule has 0 spiro atoms. The first-order valence-corrected chi connectivity index (χ1v) is 17.3. The van der Waals surface area contributed by atoms with Crippen molar-refractivity contribution in [3.63, 3.8) is 0 Å². The molecule has 0 bridgehead atoms. The van der Waals surface area contributed by atoms with Crippen molar-refractivity contribution in [1.82, 2.24) is 10.2 Å². The summed E-state index contributed by atoms with van der Waals surface area (Å²) in [7, 11) is -4.23. The molecule has 0 saturated carbocycles. The Morgan fingerprint density at radius 2 is 1.49 bits per heavy atom. The van der Waals surface area contributed by atoms with Crippen LogP contribution in [-0.4, -0.2) is 57.0 Å². The van der Waals surface area contributed by atoms with E-state index in [1.165, 1.54) is 17.0 Å². The van der Waals surface area contributed by atoms with Gasteiger partial charge in [0, 0.05) is 25.1 Å². The minimum Gasteiger partial charge on any atom is -0.486 e. The van der Waals surface area contributed by atoms with Crippen LogP contribution >= 0.6 is 0 Å². The number of hydrogen-bond donors (Lipinski definition) is 1. The van der Waals surface area contributed by atoms with Crippen LogP contribution in [0.4, 0.5) is 5.69 Å².